The lowest BCUT2D eigenvalue weighted by Gasteiger charge is -2.35. The highest BCUT2D eigenvalue weighted by Gasteiger charge is 2.23. The lowest BCUT2D eigenvalue weighted by molar-refractivity contribution is 0.233. The predicted molar refractivity (Wildman–Crippen MR) is 52.0 cm³/mol. The van der Waals surface area contributed by atoms with E-state index in [1.54, 1.807) is 0 Å². The quantitative estimate of drug-likeness (QED) is 0.670. The molecule has 1 saturated heterocycles. The maximum atomic E-state index is 5.98. The van der Waals surface area contributed by atoms with E-state index in [1.807, 2.05) is 11.8 Å². The van der Waals surface area contributed by atoms with Crippen molar-refractivity contribution in [2.24, 2.45) is 5.73 Å². The van der Waals surface area contributed by atoms with Crippen LogP contribution in [0.25, 0.3) is 0 Å². The molecule has 2 N–H and O–H groups in total. The third-order valence-corrected chi connectivity index (χ3v) is 3.46. The standard InChI is InChI=1S/C8H18N2S/c1-3-7(9)8-6-11-5-4-10(8)2/h7-8H,3-6,9H2,1-2H3. The molecule has 0 saturated carbocycles. The molecule has 1 fully saturated rings. The van der Waals surface area contributed by atoms with Crippen LogP contribution >= 0.6 is 11.8 Å². The van der Waals surface area contributed by atoms with Crippen molar-refractivity contribution >= 4 is 11.8 Å². The van der Waals surface area contributed by atoms with Gasteiger partial charge in [-0.15, -0.1) is 0 Å². The Morgan fingerprint density at radius 3 is 3.00 bits per heavy atom. The molecule has 0 aromatic carbocycles. The molecular formula is C8H18N2S. The molecule has 2 atom stereocenters. The van der Waals surface area contributed by atoms with Crippen LogP contribution in [0.1, 0.15) is 13.3 Å². The van der Waals surface area contributed by atoms with Gasteiger partial charge in [0.15, 0.2) is 0 Å². The summed E-state index contributed by atoms with van der Waals surface area (Å²) < 4.78 is 0. The van der Waals surface area contributed by atoms with Gasteiger partial charge in [0.05, 0.1) is 0 Å². The number of nitrogens with zero attached hydrogens (tertiary/aromatic N) is 1. The normalized spacial score (nSPS) is 30.3. The molecular weight excluding hydrogens is 156 g/mol. The molecule has 0 bridgehead atoms. The van der Waals surface area contributed by atoms with Crippen LogP contribution in [0.2, 0.25) is 0 Å². The summed E-state index contributed by atoms with van der Waals surface area (Å²) in [6.45, 7) is 3.36. The van der Waals surface area contributed by atoms with Gasteiger partial charge in [-0.25, -0.2) is 0 Å². The van der Waals surface area contributed by atoms with Crippen LogP contribution < -0.4 is 5.73 Å². The lowest BCUT2D eigenvalue weighted by atomic mass is 10.1. The molecule has 0 radical (unpaired) electrons. The molecule has 11 heavy (non-hydrogen) atoms. The Morgan fingerprint density at radius 1 is 1.73 bits per heavy atom. The van der Waals surface area contributed by atoms with Crippen molar-refractivity contribution in [3.05, 3.63) is 0 Å². The zero-order valence-corrected chi connectivity index (χ0v) is 8.23. The summed E-state index contributed by atoms with van der Waals surface area (Å²) in [6, 6.07) is 0.978. The van der Waals surface area contributed by atoms with Crippen molar-refractivity contribution < 1.29 is 0 Å². The smallest absolute Gasteiger partial charge is 0.0334 e. The Bertz CT molecular complexity index is 115. The van der Waals surface area contributed by atoms with Crippen LogP contribution in [0.3, 0.4) is 0 Å². The third kappa shape index (κ3) is 2.36. The van der Waals surface area contributed by atoms with Gasteiger partial charge in [0.2, 0.25) is 0 Å². The third-order valence-electron chi connectivity index (χ3n) is 2.41. The molecule has 2 nitrogen and oxygen atoms in total. The fourth-order valence-electron chi connectivity index (χ4n) is 1.43. The molecule has 1 aliphatic rings. The fourth-order valence-corrected chi connectivity index (χ4v) is 2.76. The van der Waals surface area contributed by atoms with Crippen LogP contribution in [0.4, 0.5) is 0 Å². The van der Waals surface area contributed by atoms with E-state index < -0.39 is 0 Å². The Kier molecular flexibility index (Phi) is 3.69. The van der Waals surface area contributed by atoms with Crippen molar-refractivity contribution in [3.63, 3.8) is 0 Å². The fraction of sp³-hybridized carbons (Fsp3) is 1.00. The summed E-state index contributed by atoms with van der Waals surface area (Å²) in [5.74, 6) is 2.48. The maximum absolute atomic E-state index is 5.98. The second kappa shape index (κ2) is 4.33. The van der Waals surface area contributed by atoms with Crippen molar-refractivity contribution in [2.75, 3.05) is 25.1 Å². The maximum Gasteiger partial charge on any atom is 0.0334 e. The Balaban J connectivity index is 2.40. The molecule has 0 amide bonds. The van der Waals surface area contributed by atoms with Crippen molar-refractivity contribution in [1.29, 1.82) is 0 Å². The van der Waals surface area contributed by atoms with Gasteiger partial charge >= 0.3 is 0 Å². The number of hydrogen-bond acceptors (Lipinski definition) is 3. The summed E-state index contributed by atoms with van der Waals surface area (Å²) in [6.07, 6.45) is 1.09. The number of thioether (sulfide) groups is 1. The first-order chi connectivity index (χ1) is 5.25. The monoisotopic (exact) mass is 174 g/mol. The zero-order valence-electron chi connectivity index (χ0n) is 7.42. The Labute approximate surface area is 73.5 Å². The van der Waals surface area contributed by atoms with Crippen molar-refractivity contribution in [2.45, 2.75) is 25.4 Å². The molecule has 66 valence electrons. The van der Waals surface area contributed by atoms with E-state index in [-0.39, 0.29) is 0 Å². The van der Waals surface area contributed by atoms with E-state index in [2.05, 4.69) is 18.9 Å². The molecule has 0 aromatic rings. The highest BCUT2D eigenvalue weighted by molar-refractivity contribution is 7.99. The predicted octanol–water partition coefficient (Wildman–Crippen LogP) is 0.771. The van der Waals surface area contributed by atoms with Crippen LogP contribution in [0.5, 0.6) is 0 Å². The summed E-state index contributed by atoms with van der Waals surface area (Å²) >= 11 is 2.03. The van der Waals surface area contributed by atoms with Gasteiger partial charge in [0.1, 0.15) is 0 Å². The van der Waals surface area contributed by atoms with Crippen molar-refractivity contribution in [3.8, 4) is 0 Å². The number of rotatable bonds is 2. The molecule has 0 aliphatic carbocycles. The average Bonchev–Trinajstić information content (AvgIpc) is 2.04. The number of likely N-dealkylation sites (N-methyl/N-ethyl adjacent to an activating group) is 1. The van der Waals surface area contributed by atoms with Crippen molar-refractivity contribution in [1.82, 2.24) is 4.90 Å². The van der Waals surface area contributed by atoms with Gasteiger partial charge in [0.25, 0.3) is 0 Å². The van der Waals surface area contributed by atoms with E-state index in [1.165, 1.54) is 18.1 Å². The van der Waals surface area contributed by atoms with Gasteiger partial charge in [0, 0.05) is 30.1 Å². The van der Waals surface area contributed by atoms with Gasteiger partial charge in [-0.2, -0.15) is 11.8 Å². The highest BCUT2D eigenvalue weighted by atomic mass is 32.2. The highest BCUT2D eigenvalue weighted by Crippen LogP contribution is 2.17. The van der Waals surface area contributed by atoms with Crippen LogP contribution in [0.15, 0.2) is 0 Å². The number of nitrogens with two attached hydrogens (primary N) is 1. The zero-order chi connectivity index (χ0) is 8.27. The molecule has 2 unspecified atom stereocenters. The molecule has 0 spiro atoms. The van der Waals surface area contributed by atoms with Gasteiger partial charge < -0.3 is 10.6 Å². The molecule has 1 rings (SSSR count). The first-order valence-corrected chi connectivity index (χ1v) is 5.44. The summed E-state index contributed by atoms with van der Waals surface area (Å²) in [4.78, 5) is 2.39. The first-order valence-electron chi connectivity index (χ1n) is 4.29. The largest absolute Gasteiger partial charge is 0.326 e. The van der Waals surface area contributed by atoms with E-state index in [0.717, 1.165) is 6.42 Å². The van der Waals surface area contributed by atoms with Gasteiger partial charge in [-0.05, 0) is 13.5 Å². The van der Waals surface area contributed by atoms with Gasteiger partial charge in [-0.3, -0.25) is 0 Å². The minimum atomic E-state index is 0.368. The summed E-state index contributed by atoms with van der Waals surface area (Å²) in [5, 5.41) is 0. The van der Waals surface area contributed by atoms with E-state index >= 15 is 0 Å². The van der Waals surface area contributed by atoms with Crippen LogP contribution in [-0.4, -0.2) is 42.1 Å². The first kappa shape index (κ1) is 9.36. The van der Waals surface area contributed by atoms with E-state index in [0.29, 0.717) is 12.1 Å². The summed E-state index contributed by atoms with van der Waals surface area (Å²) in [7, 11) is 2.18. The molecule has 0 aromatic heterocycles. The van der Waals surface area contributed by atoms with Crippen LogP contribution in [-0.2, 0) is 0 Å². The second-order valence-electron chi connectivity index (χ2n) is 3.19. The molecule has 3 heteroatoms. The SMILES string of the molecule is CCC(N)C1CSCCN1C. The van der Waals surface area contributed by atoms with E-state index in [9.17, 15) is 0 Å². The topological polar surface area (TPSA) is 29.3 Å². The molecule has 1 aliphatic heterocycles. The average molecular weight is 174 g/mol. The summed E-state index contributed by atoms with van der Waals surface area (Å²) in [5.41, 5.74) is 5.98. The second-order valence-corrected chi connectivity index (χ2v) is 4.34. The number of hydrogen-bond donors (Lipinski definition) is 1. The van der Waals surface area contributed by atoms with Crippen LogP contribution in [0, 0.1) is 0 Å². The molecule has 1 heterocycles. The Morgan fingerprint density at radius 2 is 2.45 bits per heavy atom. The Hall–Kier alpha value is 0.270. The van der Waals surface area contributed by atoms with Gasteiger partial charge in [-0.1, -0.05) is 6.92 Å². The van der Waals surface area contributed by atoms with E-state index in [4.69, 9.17) is 5.73 Å². The minimum absolute atomic E-state index is 0.368. The minimum Gasteiger partial charge on any atom is -0.326 e. The lowest BCUT2D eigenvalue weighted by Crippen LogP contribution is -2.50.